The lowest BCUT2D eigenvalue weighted by Crippen LogP contribution is -2.31. The van der Waals surface area contributed by atoms with Crippen LogP contribution in [0.15, 0.2) is 66.2 Å². The van der Waals surface area contributed by atoms with Crippen LogP contribution in [0.3, 0.4) is 0 Å². The fourth-order valence-corrected chi connectivity index (χ4v) is 2.96. The summed E-state index contributed by atoms with van der Waals surface area (Å²) in [6.07, 6.45) is 3.70. The Morgan fingerprint density at radius 3 is 2.52 bits per heavy atom. The van der Waals surface area contributed by atoms with Crippen molar-refractivity contribution < 1.29 is 9.53 Å². The van der Waals surface area contributed by atoms with Crippen molar-refractivity contribution in [2.75, 3.05) is 11.4 Å². The van der Waals surface area contributed by atoms with Gasteiger partial charge in [-0.2, -0.15) is 0 Å². The summed E-state index contributed by atoms with van der Waals surface area (Å²) in [6.45, 7) is 2.83. The molecule has 0 atom stereocenters. The Labute approximate surface area is 151 Å². The summed E-state index contributed by atoms with van der Waals surface area (Å²) in [6, 6.07) is 17.0. The molecule has 128 valence electrons. The maximum Gasteiger partial charge on any atom is 0.278 e. The number of hydrogen-bond donors (Lipinski definition) is 0. The molecular weight excluding hydrogens is 332 g/mol. The van der Waals surface area contributed by atoms with Gasteiger partial charge in [-0.3, -0.25) is 4.79 Å². The zero-order valence-corrected chi connectivity index (χ0v) is 14.9. The maximum atomic E-state index is 13.0. The number of ether oxygens (including phenoxy) is 1. The Hall–Kier alpha value is -2.66. The van der Waals surface area contributed by atoms with E-state index >= 15 is 0 Å². The predicted molar refractivity (Wildman–Crippen MR) is 102 cm³/mol. The van der Waals surface area contributed by atoms with Crippen LogP contribution in [0.1, 0.15) is 30.1 Å². The molecule has 0 unspecified atom stereocenters. The van der Waals surface area contributed by atoms with E-state index in [1.807, 2.05) is 40.6 Å². The molecule has 0 bridgehead atoms. The normalized spacial score (nSPS) is 10.4. The number of anilines is 1. The van der Waals surface area contributed by atoms with Gasteiger partial charge in [0.1, 0.15) is 5.75 Å². The van der Waals surface area contributed by atoms with Crippen molar-refractivity contribution in [2.45, 2.75) is 19.8 Å². The average Bonchev–Trinajstić information content (AvgIpc) is 3.16. The summed E-state index contributed by atoms with van der Waals surface area (Å²) < 4.78 is 5.65. The van der Waals surface area contributed by atoms with E-state index < -0.39 is 0 Å². The zero-order chi connectivity index (χ0) is 17.5. The number of para-hydroxylation sites is 1. The van der Waals surface area contributed by atoms with Crippen LogP contribution in [0.2, 0.25) is 0 Å². The molecule has 0 spiro atoms. The Balaban J connectivity index is 1.77. The second kappa shape index (κ2) is 8.44. The molecule has 1 amide bonds. The van der Waals surface area contributed by atoms with E-state index in [9.17, 15) is 4.79 Å². The zero-order valence-electron chi connectivity index (χ0n) is 14.1. The van der Waals surface area contributed by atoms with Gasteiger partial charge >= 0.3 is 0 Å². The van der Waals surface area contributed by atoms with E-state index in [4.69, 9.17) is 4.74 Å². The minimum atomic E-state index is 0.000415. The number of rotatable bonds is 7. The molecule has 0 N–H and O–H groups in total. The van der Waals surface area contributed by atoms with Gasteiger partial charge in [0.2, 0.25) is 0 Å². The molecule has 25 heavy (non-hydrogen) atoms. The molecule has 0 aliphatic rings. The van der Waals surface area contributed by atoms with Crippen LogP contribution >= 0.6 is 11.3 Å². The minimum Gasteiger partial charge on any atom is -0.431 e. The number of hydrogen-bond acceptors (Lipinski definition) is 4. The van der Waals surface area contributed by atoms with Crippen LogP contribution in [-0.2, 0) is 0 Å². The third-order valence-corrected chi connectivity index (χ3v) is 4.41. The van der Waals surface area contributed by atoms with Crippen molar-refractivity contribution in [2.24, 2.45) is 0 Å². The topological polar surface area (TPSA) is 42.4 Å². The smallest absolute Gasteiger partial charge is 0.278 e. The molecule has 0 saturated carbocycles. The van der Waals surface area contributed by atoms with Gasteiger partial charge in [-0.15, -0.1) is 0 Å². The van der Waals surface area contributed by atoms with Gasteiger partial charge in [0.25, 0.3) is 11.1 Å². The van der Waals surface area contributed by atoms with Crippen LogP contribution < -0.4 is 9.64 Å². The lowest BCUT2D eigenvalue weighted by molar-refractivity contribution is 0.0986. The highest BCUT2D eigenvalue weighted by atomic mass is 32.1. The van der Waals surface area contributed by atoms with Crippen LogP contribution in [0.25, 0.3) is 0 Å². The molecule has 1 aromatic heterocycles. The Bertz CT molecular complexity index is 786. The van der Waals surface area contributed by atoms with E-state index in [2.05, 4.69) is 11.9 Å². The first-order valence-electron chi connectivity index (χ1n) is 8.32. The Kier molecular flexibility index (Phi) is 5.80. The first-order valence-corrected chi connectivity index (χ1v) is 9.20. The van der Waals surface area contributed by atoms with Crippen molar-refractivity contribution in [3.05, 3.63) is 71.7 Å². The number of nitrogens with zero attached hydrogens (tertiary/aromatic N) is 2. The molecule has 0 radical (unpaired) electrons. The van der Waals surface area contributed by atoms with Crippen molar-refractivity contribution in [1.82, 2.24) is 4.98 Å². The van der Waals surface area contributed by atoms with Crippen molar-refractivity contribution >= 4 is 22.9 Å². The summed E-state index contributed by atoms with van der Waals surface area (Å²) in [4.78, 5) is 18.9. The van der Waals surface area contributed by atoms with Gasteiger partial charge < -0.3 is 9.64 Å². The minimum absolute atomic E-state index is 0.000415. The highest BCUT2D eigenvalue weighted by molar-refractivity contribution is 7.11. The largest absolute Gasteiger partial charge is 0.431 e. The van der Waals surface area contributed by atoms with E-state index in [0.29, 0.717) is 23.1 Å². The first-order chi connectivity index (χ1) is 12.3. The van der Waals surface area contributed by atoms with Crippen molar-refractivity contribution in [3.63, 3.8) is 0 Å². The number of aromatic nitrogens is 1. The summed E-state index contributed by atoms with van der Waals surface area (Å²) in [7, 11) is 0. The number of benzene rings is 2. The highest BCUT2D eigenvalue weighted by Crippen LogP contribution is 2.24. The van der Waals surface area contributed by atoms with Crippen LogP contribution in [0, 0.1) is 0 Å². The first kappa shape index (κ1) is 17.2. The van der Waals surface area contributed by atoms with E-state index in [-0.39, 0.29) is 5.91 Å². The summed E-state index contributed by atoms with van der Waals surface area (Å²) in [5.74, 6) is 0.673. The lowest BCUT2D eigenvalue weighted by Gasteiger charge is -2.23. The molecule has 3 rings (SSSR count). The van der Waals surface area contributed by atoms with Crippen molar-refractivity contribution in [1.29, 1.82) is 0 Å². The predicted octanol–water partition coefficient (Wildman–Crippen LogP) is 5.38. The third kappa shape index (κ3) is 4.45. The standard InChI is InChI=1S/C20H20N2O2S/c1-2-3-14-22(17-7-5-4-6-8-17)19(23)16-9-11-18(12-10-16)24-20-21-13-15-25-20/h4-13,15H,2-3,14H2,1H3. The van der Waals surface area contributed by atoms with Gasteiger partial charge in [0.15, 0.2) is 0 Å². The number of unbranched alkanes of at least 4 members (excludes halogenated alkanes) is 1. The molecule has 3 aromatic rings. The molecule has 5 heteroatoms. The maximum absolute atomic E-state index is 13.0. The van der Waals surface area contributed by atoms with Crippen molar-refractivity contribution in [3.8, 4) is 10.9 Å². The van der Waals surface area contributed by atoms with Gasteiger partial charge in [-0.1, -0.05) is 42.9 Å². The lowest BCUT2D eigenvalue weighted by atomic mass is 10.1. The molecule has 0 aliphatic heterocycles. The van der Waals surface area contributed by atoms with Gasteiger partial charge in [-0.25, -0.2) is 4.98 Å². The Morgan fingerprint density at radius 2 is 1.88 bits per heavy atom. The number of thiazole rings is 1. The van der Waals surface area contributed by atoms with E-state index in [1.54, 1.807) is 30.5 Å². The van der Waals surface area contributed by atoms with E-state index in [1.165, 1.54) is 11.3 Å². The van der Waals surface area contributed by atoms with Gasteiger partial charge in [-0.05, 0) is 42.8 Å². The average molecular weight is 352 g/mol. The molecule has 0 aliphatic carbocycles. The SMILES string of the molecule is CCCCN(C(=O)c1ccc(Oc2nccs2)cc1)c1ccccc1. The number of carbonyl (C=O) groups excluding carboxylic acids is 1. The monoisotopic (exact) mass is 352 g/mol. The van der Waals surface area contributed by atoms with Crippen LogP contribution in [0.5, 0.6) is 10.9 Å². The Morgan fingerprint density at radius 1 is 1.12 bits per heavy atom. The van der Waals surface area contributed by atoms with E-state index in [0.717, 1.165) is 18.5 Å². The van der Waals surface area contributed by atoms with Gasteiger partial charge in [0, 0.05) is 29.4 Å². The highest BCUT2D eigenvalue weighted by Gasteiger charge is 2.17. The third-order valence-electron chi connectivity index (χ3n) is 3.76. The second-order valence-electron chi connectivity index (χ2n) is 5.57. The molecule has 0 saturated heterocycles. The molecule has 2 aromatic carbocycles. The summed E-state index contributed by atoms with van der Waals surface area (Å²) in [5, 5.41) is 2.45. The van der Waals surface area contributed by atoms with Crippen LogP contribution in [-0.4, -0.2) is 17.4 Å². The summed E-state index contributed by atoms with van der Waals surface area (Å²) >= 11 is 1.43. The molecule has 1 heterocycles. The second-order valence-corrected chi connectivity index (χ2v) is 6.43. The quantitative estimate of drug-likeness (QED) is 0.573. The fourth-order valence-electron chi connectivity index (χ4n) is 2.46. The van der Waals surface area contributed by atoms with Gasteiger partial charge in [0.05, 0.1) is 0 Å². The molecule has 4 nitrogen and oxygen atoms in total. The number of carbonyl (C=O) groups is 1. The number of amides is 1. The molecule has 0 fully saturated rings. The fraction of sp³-hybridized carbons (Fsp3) is 0.200. The molecular formula is C20H20N2O2S. The summed E-state index contributed by atoms with van der Waals surface area (Å²) in [5.41, 5.74) is 1.57. The van der Waals surface area contributed by atoms with Crippen LogP contribution in [0.4, 0.5) is 5.69 Å².